The van der Waals surface area contributed by atoms with E-state index in [1.807, 2.05) is 0 Å². The molecule has 1 saturated heterocycles. The Bertz CT molecular complexity index is 997. The van der Waals surface area contributed by atoms with Crippen molar-refractivity contribution < 1.29 is 34.2 Å². The number of carbonyl (C=O) groups is 5. The summed E-state index contributed by atoms with van der Waals surface area (Å²) in [6, 6.07) is 3.64. The average Bonchev–Trinajstić information content (AvgIpc) is 2.79. The van der Waals surface area contributed by atoms with E-state index in [9.17, 15) is 29.1 Å². The third kappa shape index (κ3) is 5.78. The molecule has 3 rings (SSSR count). The molecule has 4 atom stereocenters. The van der Waals surface area contributed by atoms with Crippen LogP contribution in [-0.4, -0.2) is 88.6 Å². The van der Waals surface area contributed by atoms with Crippen molar-refractivity contribution in [2.75, 3.05) is 18.4 Å². The summed E-state index contributed by atoms with van der Waals surface area (Å²) in [4.78, 5) is 63.7. The van der Waals surface area contributed by atoms with Crippen LogP contribution in [0.15, 0.2) is 29.3 Å². The summed E-state index contributed by atoms with van der Waals surface area (Å²) < 4.78 is 0. The average molecular weight is 475 g/mol. The fourth-order valence-corrected chi connectivity index (χ4v) is 3.71. The Kier molecular flexibility index (Phi) is 7.63. The molecule has 14 nitrogen and oxygen atoms in total. The second-order valence-electron chi connectivity index (χ2n) is 7.76. The molecule has 0 aliphatic carbocycles. The van der Waals surface area contributed by atoms with Gasteiger partial charge in [0.15, 0.2) is 5.96 Å². The Balaban J connectivity index is 1.58. The summed E-state index contributed by atoms with van der Waals surface area (Å²) in [5.41, 5.74) is 6.39. The molecule has 34 heavy (non-hydrogen) atoms. The van der Waals surface area contributed by atoms with E-state index in [4.69, 9.17) is 10.8 Å². The third-order valence-electron chi connectivity index (χ3n) is 5.46. The van der Waals surface area contributed by atoms with Crippen molar-refractivity contribution in [1.82, 2.24) is 20.9 Å². The van der Waals surface area contributed by atoms with Gasteiger partial charge in [0.05, 0.1) is 6.04 Å². The Hall–Kier alpha value is -4.20. The Labute approximate surface area is 193 Å². The zero-order valence-electron chi connectivity index (χ0n) is 17.9. The second-order valence-corrected chi connectivity index (χ2v) is 7.76. The van der Waals surface area contributed by atoms with Gasteiger partial charge in [0.25, 0.3) is 11.8 Å². The molecule has 1 aromatic carbocycles. The minimum absolute atomic E-state index is 0.0122. The number of carboxylic acids is 2. The molecule has 182 valence electrons. The predicted octanol–water partition coefficient (Wildman–Crippen LogP) is -2.28. The molecular weight excluding hydrogens is 450 g/mol. The minimum atomic E-state index is -1.32. The van der Waals surface area contributed by atoms with E-state index in [1.165, 1.54) is 17.0 Å². The lowest BCUT2D eigenvalue weighted by molar-refractivity contribution is -0.140. The van der Waals surface area contributed by atoms with Gasteiger partial charge >= 0.3 is 11.9 Å². The molecule has 3 amide bonds. The lowest BCUT2D eigenvalue weighted by Gasteiger charge is -2.44. The number of guanidine groups is 1. The zero-order chi connectivity index (χ0) is 24.8. The SMILES string of the molecule is NC1=N[C@H]2NC[C@@H](CNc3ccc(C(=O)N[C@@H](CCC(=O)O)C(=O)O)cc3)N(C=O)[C@@H]2C(=O)N1. The van der Waals surface area contributed by atoms with Gasteiger partial charge in [-0.3, -0.25) is 29.8 Å². The number of nitrogens with one attached hydrogen (secondary N) is 4. The molecule has 0 radical (unpaired) electrons. The van der Waals surface area contributed by atoms with Crippen molar-refractivity contribution in [2.24, 2.45) is 10.7 Å². The first kappa shape index (κ1) is 24.4. The lowest BCUT2D eigenvalue weighted by atomic mass is 10.0. The van der Waals surface area contributed by atoms with E-state index >= 15 is 0 Å². The zero-order valence-corrected chi connectivity index (χ0v) is 17.9. The van der Waals surface area contributed by atoms with Crippen LogP contribution in [0.25, 0.3) is 0 Å². The number of hydrogen-bond acceptors (Lipinski definition) is 9. The van der Waals surface area contributed by atoms with Crippen LogP contribution in [0.1, 0.15) is 23.2 Å². The van der Waals surface area contributed by atoms with Crippen molar-refractivity contribution in [1.29, 1.82) is 0 Å². The quantitative estimate of drug-likeness (QED) is 0.180. The number of carbonyl (C=O) groups excluding carboxylic acids is 3. The first-order chi connectivity index (χ1) is 16.2. The fourth-order valence-electron chi connectivity index (χ4n) is 3.71. The predicted molar refractivity (Wildman–Crippen MR) is 118 cm³/mol. The van der Waals surface area contributed by atoms with Crippen LogP contribution in [-0.2, 0) is 19.2 Å². The molecule has 1 fully saturated rings. The topological polar surface area (TPSA) is 216 Å². The van der Waals surface area contributed by atoms with Crippen LogP contribution in [0, 0.1) is 0 Å². The van der Waals surface area contributed by atoms with Crippen LogP contribution in [0.4, 0.5) is 5.69 Å². The molecule has 2 aliphatic heterocycles. The molecule has 0 saturated carbocycles. The Morgan fingerprint density at radius 2 is 1.97 bits per heavy atom. The monoisotopic (exact) mass is 475 g/mol. The van der Waals surface area contributed by atoms with E-state index in [0.717, 1.165) is 0 Å². The van der Waals surface area contributed by atoms with Gasteiger partial charge in [-0.05, 0) is 30.7 Å². The largest absolute Gasteiger partial charge is 0.481 e. The van der Waals surface area contributed by atoms with E-state index < -0.39 is 48.4 Å². The molecule has 0 bridgehead atoms. The number of aliphatic imine (C=N–C) groups is 1. The molecule has 1 aromatic rings. The van der Waals surface area contributed by atoms with Crippen molar-refractivity contribution in [2.45, 2.75) is 37.1 Å². The summed E-state index contributed by atoms with van der Waals surface area (Å²) in [5, 5.41) is 28.8. The van der Waals surface area contributed by atoms with Crippen molar-refractivity contribution in [3.05, 3.63) is 29.8 Å². The molecule has 2 heterocycles. The number of benzene rings is 1. The number of carboxylic acid groups (broad SMARTS) is 2. The molecule has 0 unspecified atom stereocenters. The molecule has 14 heteroatoms. The van der Waals surface area contributed by atoms with Gasteiger partial charge in [0.1, 0.15) is 18.2 Å². The van der Waals surface area contributed by atoms with Crippen molar-refractivity contribution in [3.8, 4) is 0 Å². The number of fused-ring (bicyclic) bond motifs is 1. The van der Waals surface area contributed by atoms with Crippen molar-refractivity contribution >= 4 is 41.8 Å². The van der Waals surface area contributed by atoms with Crippen LogP contribution >= 0.6 is 0 Å². The number of hydrogen-bond donors (Lipinski definition) is 7. The normalized spacial score (nSPS) is 22.5. The first-order valence-corrected chi connectivity index (χ1v) is 10.4. The molecule has 0 aromatic heterocycles. The van der Waals surface area contributed by atoms with E-state index in [1.54, 1.807) is 12.1 Å². The fraction of sp³-hybridized carbons (Fsp3) is 0.400. The highest BCUT2D eigenvalue weighted by Gasteiger charge is 2.43. The molecule has 2 aliphatic rings. The van der Waals surface area contributed by atoms with Gasteiger partial charge in [-0.1, -0.05) is 0 Å². The highest BCUT2D eigenvalue weighted by Crippen LogP contribution is 2.18. The smallest absolute Gasteiger partial charge is 0.326 e. The lowest BCUT2D eigenvalue weighted by Crippen LogP contribution is -2.70. The van der Waals surface area contributed by atoms with Crippen LogP contribution in [0.2, 0.25) is 0 Å². The number of nitrogens with two attached hydrogens (primary N) is 1. The standard InChI is InChI=1S/C20H25N7O7/c21-20-25-16-15(18(32)26-20)27(9-28)12(8-23-16)7-22-11-3-1-10(2-4-11)17(31)24-13(19(33)34)5-6-14(29)30/h1-4,9,12-13,15-16,22-23H,5-8H2,(H,24,31)(H,29,30)(H,33,34)(H3,21,25,26,32)/t12-,13+,15+,16-/m1/s1. The summed E-state index contributed by atoms with van der Waals surface area (Å²) in [6.07, 6.45) is -0.663. The highest BCUT2D eigenvalue weighted by molar-refractivity contribution is 6.02. The first-order valence-electron chi connectivity index (χ1n) is 10.4. The third-order valence-corrected chi connectivity index (χ3v) is 5.46. The van der Waals surface area contributed by atoms with E-state index in [-0.39, 0.29) is 24.0 Å². The summed E-state index contributed by atoms with van der Waals surface area (Å²) in [7, 11) is 0. The number of amides is 3. The Morgan fingerprint density at radius 1 is 1.26 bits per heavy atom. The molecule has 8 N–H and O–H groups in total. The van der Waals surface area contributed by atoms with Crippen LogP contribution < -0.4 is 27.0 Å². The number of anilines is 1. The summed E-state index contributed by atoms with van der Waals surface area (Å²) in [5.74, 6) is -3.58. The van der Waals surface area contributed by atoms with Crippen molar-refractivity contribution in [3.63, 3.8) is 0 Å². The van der Waals surface area contributed by atoms with Crippen LogP contribution in [0.3, 0.4) is 0 Å². The number of aliphatic carboxylic acids is 2. The van der Waals surface area contributed by atoms with Gasteiger partial charge in [-0.25, -0.2) is 9.79 Å². The van der Waals surface area contributed by atoms with Gasteiger partial charge < -0.3 is 31.5 Å². The Morgan fingerprint density at radius 3 is 2.59 bits per heavy atom. The molecule has 0 spiro atoms. The molecular formula is C20H25N7O7. The number of piperazine rings is 1. The van der Waals surface area contributed by atoms with E-state index in [0.29, 0.717) is 25.2 Å². The second kappa shape index (κ2) is 10.6. The number of nitrogens with zero attached hydrogens (tertiary/aromatic N) is 2. The van der Waals surface area contributed by atoms with Gasteiger partial charge in [0.2, 0.25) is 6.41 Å². The maximum absolute atomic E-state index is 12.3. The number of rotatable bonds is 10. The summed E-state index contributed by atoms with van der Waals surface area (Å²) >= 11 is 0. The minimum Gasteiger partial charge on any atom is -0.481 e. The maximum atomic E-state index is 12.3. The van der Waals surface area contributed by atoms with E-state index in [2.05, 4.69) is 26.3 Å². The van der Waals surface area contributed by atoms with Gasteiger partial charge in [-0.2, -0.15) is 0 Å². The van der Waals surface area contributed by atoms with Crippen LogP contribution in [0.5, 0.6) is 0 Å². The maximum Gasteiger partial charge on any atom is 0.326 e. The summed E-state index contributed by atoms with van der Waals surface area (Å²) in [6.45, 7) is 0.660. The van der Waals surface area contributed by atoms with Gasteiger partial charge in [0, 0.05) is 30.8 Å². The van der Waals surface area contributed by atoms with Gasteiger partial charge in [-0.15, -0.1) is 0 Å². The highest BCUT2D eigenvalue weighted by atomic mass is 16.4.